The third kappa shape index (κ3) is 4.19. The first kappa shape index (κ1) is 12.7. The van der Waals surface area contributed by atoms with Crippen molar-refractivity contribution >= 4 is 6.03 Å². The minimum absolute atomic E-state index is 0.0110. The van der Waals surface area contributed by atoms with Crippen LogP contribution in [0.1, 0.15) is 51.9 Å². The molecule has 1 saturated carbocycles. The highest BCUT2D eigenvalue weighted by atomic mass is 16.2. The van der Waals surface area contributed by atoms with Gasteiger partial charge in [0.1, 0.15) is 0 Å². The van der Waals surface area contributed by atoms with Crippen LogP contribution in [0, 0.1) is 0 Å². The minimum Gasteiger partial charge on any atom is -0.337 e. The Hall–Kier alpha value is -0.770. The molecule has 2 atom stereocenters. The molecule has 1 saturated heterocycles. The lowest BCUT2D eigenvalue weighted by Crippen LogP contribution is -2.50. The van der Waals surface area contributed by atoms with Gasteiger partial charge in [0, 0.05) is 24.7 Å². The van der Waals surface area contributed by atoms with Gasteiger partial charge in [0.25, 0.3) is 0 Å². The summed E-state index contributed by atoms with van der Waals surface area (Å²) in [5, 5.41) is 9.56. The largest absolute Gasteiger partial charge is 0.337 e. The van der Waals surface area contributed by atoms with E-state index in [4.69, 9.17) is 0 Å². The average molecular weight is 239 g/mol. The predicted molar refractivity (Wildman–Crippen MR) is 69.0 cm³/mol. The molecule has 2 fully saturated rings. The molecule has 0 aromatic carbocycles. The first-order chi connectivity index (χ1) is 8.24. The van der Waals surface area contributed by atoms with E-state index in [2.05, 4.69) is 22.9 Å². The van der Waals surface area contributed by atoms with Crippen molar-refractivity contribution in [2.75, 3.05) is 6.54 Å². The molecule has 2 rings (SSSR count). The molecule has 1 heterocycles. The Balaban J connectivity index is 1.61. The van der Waals surface area contributed by atoms with Crippen LogP contribution in [0.4, 0.5) is 4.79 Å². The van der Waals surface area contributed by atoms with Crippen LogP contribution < -0.4 is 16.0 Å². The van der Waals surface area contributed by atoms with E-state index in [9.17, 15) is 4.79 Å². The van der Waals surface area contributed by atoms with Gasteiger partial charge < -0.3 is 16.0 Å². The topological polar surface area (TPSA) is 53.2 Å². The van der Waals surface area contributed by atoms with E-state index < -0.39 is 0 Å². The monoisotopic (exact) mass is 239 g/mol. The molecular formula is C13H25N3O. The number of carbonyl (C=O) groups is 1. The number of rotatable bonds is 3. The highest BCUT2D eigenvalue weighted by molar-refractivity contribution is 5.74. The van der Waals surface area contributed by atoms with Gasteiger partial charge in [-0.15, -0.1) is 0 Å². The summed E-state index contributed by atoms with van der Waals surface area (Å²) in [6.07, 6.45) is 8.50. The highest BCUT2D eigenvalue weighted by Gasteiger charge is 2.20. The molecule has 0 radical (unpaired) electrons. The fourth-order valence-electron chi connectivity index (χ4n) is 2.92. The SMILES string of the molecule is CC1CCCC(CNC(=O)NC2CCCC2)N1. The molecule has 17 heavy (non-hydrogen) atoms. The molecule has 1 aliphatic carbocycles. The van der Waals surface area contributed by atoms with Crippen LogP contribution in [0.25, 0.3) is 0 Å². The van der Waals surface area contributed by atoms with Crippen LogP contribution in [-0.2, 0) is 0 Å². The van der Waals surface area contributed by atoms with Crippen molar-refractivity contribution in [1.29, 1.82) is 0 Å². The van der Waals surface area contributed by atoms with Gasteiger partial charge in [-0.3, -0.25) is 0 Å². The molecule has 4 heteroatoms. The summed E-state index contributed by atoms with van der Waals surface area (Å²) in [5.74, 6) is 0. The van der Waals surface area contributed by atoms with Crippen molar-refractivity contribution in [2.45, 2.75) is 70.0 Å². The van der Waals surface area contributed by atoms with E-state index >= 15 is 0 Å². The molecule has 0 aromatic rings. The van der Waals surface area contributed by atoms with Crippen LogP contribution in [0.15, 0.2) is 0 Å². The second-order valence-electron chi connectivity index (χ2n) is 5.53. The van der Waals surface area contributed by atoms with Crippen LogP contribution in [0.2, 0.25) is 0 Å². The molecule has 0 bridgehead atoms. The molecule has 2 amide bonds. The summed E-state index contributed by atoms with van der Waals surface area (Å²) < 4.78 is 0. The van der Waals surface area contributed by atoms with Gasteiger partial charge in [-0.1, -0.05) is 19.3 Å². The number of amides is 2. The fourth-order valence-corrected chi connectivity index (χ4v) is 2.92. The lowest BCUT2D eigenvalue weighted by molar-refractivity contribution is 0.233. The molecule has 1 aliphatic heterocycles. The Labute approximate surface area is 104 Å². The normalized spacial score (nSPS) is 30.2. The lowest BCUT2D eigenvalue weighted by atomic mass is 10.00. The van der Waals surface area contributed by atoms with E-state index in [0.29, 0.717) is 18.1 Å². The van der Waals surface area contributed by atoms with E-state index in [0.717, 1.165) is 19.4 Å². The molecule has 2 aliphatic rings. The molecule has 4 nitrogen and oxygen atoms in total. The van der Waals surface area contributed by atoms with Crippen LogP contribution in [0.3, 0.4) is 0 Å². The maximum Gasteiger partial charge on any atom is 0.315 e. The molecule has 0 aromatic heterocycles. The van der Waals surface area contributed by atoms with Crippen LogP contribution in [0.5, 0.6) is 0 Å². The number of nitrogens with one attached hydrogen (secondary N) is 3. The van der Waals surface area contributed by atoms with Gasteiger partial charge in [-0.2, -0.15) is 0 Å². The summed E-state index contributed by atoms with van der Waals surface area (Å²) in [6.45, 7) is 2.97. The second-order valence-corrected chi connectivity index (χ2v) is 5.53. The van der Waals surface area contributed by atoms with Crippen molar-refractivity contribution in [3.8, 4) is 0 Å². The molecule has 3 N–H and O–H groups in total. The van der Waals surface area contributed by atoms with Gasteiger partial charge in [0.2, 0.25) is 0 Å². The lowest BCUT2D eigenvalue weighted by Gasteiger charge is -2.29. The van der Waals surface area contributed by atoms with E-state index in [-0.39, 0.29) is 6.03 Å². The Bertz CT molecular complexity index is 251. The van der Waals surface area contributed by atoms with Crippen LogP contribution >= 0.6 is 0 Å². The zero-order valence-corrected chi connectivity index (χ0v) is 10.8. The average Bonchev–Trinajstić information content (AvgIpc) is 2.79. The predicted octanol–water partition coefficient (Wildman–Crippen LogP) is 1.76. The van der Waals surface area contributed by atoms with Gasteiger partial charge in [-0.25, -0.2) is 4.79 Å². The maximum absolute atomic E-state index is 11.7. The number of urea groups is 1. The summed E-state index contributed by atoms with van der Waals surface area (Å²) in [6, 6.07) is 1.46. The molecular weight excluding hydrogens is 214 g/mol. The third-order valence-electron chi connectivity index (χ3n) is 3.91. The van der Waals surface area contributed by atoms with E-state index in [1.165, 1.54) is 32.1 Å². The van der Waals surface area contributed by atoms with Gasteiger partial charge in [0.05, 0.1) is 0 Å². The fraction of sp³-hybridized carbons (Fsp3) is 0.923. The summed E-state index contributed by atoms with van der Waals surface area (Å²) >= 11 is 0. The Kier molecular flexibility index (Phi) is 4.66. The van der Waals surface area contributed by atoms with Crippen molar-refractivity contribution in [3.63, 3.8) is 0 Å². The molecule has 98 valence electrons. The minimum atomic E-state index is 0.0110. The van der Waals surface area contributed by atoms with Gasteiger partial charge >= 0.3 is 6.03 Å². The smallest absolute Gasteiger partial charge is 0.315 e. The first-order valence-electron chi connectivity index (χ1n) is 7.04. The van der Waals surface area contributed by atoms with Crippen molar-refractivity contribution in [2.24, 2.45) is 0 Å². The Morgan fingerprint density at radius 2 is 1.94 bits per heavy atom. The number of hydrogen-bond donors (Lipinski definition) is 3. The van der Waals surface area contributed by atoms with E-state index in [1.807, 2.05) is 0 Å². The highest BCUT2D eigenvalue weighted by Crippen LogP contribution is 2.17. The quantitative estimate of drug-likeness (QED) is 0.703. The van der Waals surface area contributed by atoms with Crippen LogP contribution in [-0.4, -0.2) is 30.7 Å². The summed E-state index contributed by atoms with van der Waals surface area (Å²) in [7, 11) is 0. The standard InChI is InChI=1S/C13H25N3O/c1-10-5-4-8-12(15-10)9-14-13(17)16-11-6-2-3-7-11/h10-12,15H,2-9H2,1H3,(H2,14,16,17). The zero-order valence-electron chi connectivity index (χ0n) is 10.8. The van der Waals surface area contributed by atoms with Crippen molar-refractivity contribution < 1.29 is 4.79 Å². The zero-order chi connectivity index (χ0) is 12.1. The number of carbonyl (C=O) groups excluding carboxylic acids is 1. The molecule has 0 spiro atoms. The van der Waals surface area contributed by atoms with Crippen molar-refractivity contribution in [1.82, 2.24) is 16.0 Å². The number of hydrogen-bond acceptors (Lipinski definition) is 2. The Morgan fingerprint density at radius 1 is 1.18 bits per heavy atom. The summed E-state index contributed by atoms with van der Waals surface area (Å²) in [5.41, 5.74) is 0. The second kappa shape index (κ2) is 6.24. The summed E-state index contributed by atoms with van der Waals surface area (Å²) in [4.78, 5) is 11.7. The third-order valence-corrected chi connectivity index (χ3v) is 3.91. The Morgan fingerprint density at radius 3 is 2.65 bits per heavy atom. The maximum atomic E-state index is 11.7. The van der Waals surface area contributed by atoms with Gasteiger partial charge in [-0.05, 0) is 32.6 Å². The van der Waals surface area contributed by atoms with E-state index in [1.54, 1.807) is 0 Å². The van der Waals surface area contributed by atoms with Crippen molar-refractivity contribution in [3.05, 3.63) is 0 Å². The first-order valence-corrected chi connectivity index (χ1v) is 7.04. The number of piperidine rings is 1. The molecule has 2 unspecified atom stereocenters. The van der Waals surface area contributed by atoms with Gasteiger partial charge in [0.15, 0.2) is 0 Å².